The summed E-state index contributed by atoms with van der Waals surface area (Å²) in [5.74, 6) is 2.01. The first-order chi connectivity index (χ1) is 11.8. The average molecular weight is 359 g/mol. The van der Waals surface area contributed by atoms with Crippen molar-refractivity contribution in [3.63, 3.8) is 0 Å². The maximum Gasteiger partial charge on any atom is 0.166 e. The van der Waals surface area contributed by atoms with E-state index in [1.165, 1.54) is 16.0 Å². The van der Waals surface area contributed by atoms with Gasteiger partial charge in [-0.15, -0.1) is 11.8 Å². The van der Waals surface area contributed by atoms with Crippen molar-refractivity contribution in [3.8, 4) is 5.75 Å². The summed E-state index contributed by atoms with van der Waals surface area (Å²) in [6.45, 7) is 0.821. The standard InChI is InChI=1S/C19H22N2OS2/c1-22-15-8-6-14(7-9-15)10-12-20-19(23)21-17-11-13-24-18-5-3-2-4-16(17)18/h2-9,17H,10-13H2,1H3,(H2,20,21,23). The first-order valence-corrected chi connectivity index (χ1v) is 9.54. The van der Waals surface area contributed by atoms with Crippen LogP contribution in [0.3, 0.4) is 0 Å². The van der Waals surface area contributed by atoms with Crippen molar-refractivity contribution >= 4 is 29.1 Å². The van der Waals surface area contributed by atoms with E-state index in [2.05, 4.69) is 47.0 Å². The third-order valence-electron chi connectivity index (χ3n) is 4.12. The van der Waals surface area contributed by atoms with Crippen LogP contribution in [0.15, 0.2) is 53.4 Å². The Labute approximate surface area is 153 Å². The molecule has 24 heavy (non-hydrogen) atoms. The molecule has 0 aliphatic carbocycles. The zero-order chi connectivity index (χ0) is 16.8. The molecule has 2 aromatic carbocycles. The van der Waals surface area contributed by atoms with Crippen molar-refractivity contribution in [2.75, 3.05) is 19.4 Å². The normalized spacial score (nSPS) is 16.1. The van der Waals surface area contributed by atoms with Gasteiger partial charge in [0, 0.05) is 17.2 Å². The van der Waals surface area contributed by atoms with Gasteiger partial charge in [-0.2, -0.15) is 0 Å². The Kier molecular flexibility index (Phi) is 5.99. The van der Waals surface area contributed by atoms with Gasteiger partial charge in [0.25, 0.3) is 0 Å². The minimum Gasteiger partial charge on any atom is -0.497 e. The summed E-state index contributed by atoms with van der Waals surface area (Å²) in [6.07, 6.45) is 2.03. The summed E-state index contributed by atoms with van der Waals surface area (Å²) in [5, 5.41) is 7.52. The second-order valence-electron chi connectivity index (χ2n) is 5.73. The second-order valence-corrected chi connectivity index (χ2v) is 7.27. The van der Waals surface area contributed by atoms with Gasteiger partial charge in [0.1, 0.15) is 5.75 Å². The van der Waals surface area contributed by atoms with Crippen LogP contribution in [0.4, 0.5) is 0 Å². The molecule has 2 N–H and O–H groups in total. The predicted octanol–water partition coefficient (Wildman–Crippen LogP) is 3.94. The highest BCUT2D eigenvalue weighted by Gasteiger charge is 2.20. The molecule has 0 bridgehead atoms. The van der Waals surface area contributed by atoms with Crippen LogP contribution < -0.4 is 15.4 Å². The molecule has 126 valence electrons. The summed E-state index contributed by atoms with van der Waals surface area (Å²) in [4.78, 5) is 1.36. The zero-order valence-electron chi connectivity index (χ0n) is 13.7. The third-order valence-corrected chi connectivity index (χ3v) is 5.51. The number of methoxy groups -OCH3 is 1. The lowest BCUT2D eigenvalue weighted by Gasteiger charge is -2.27. The van der Waals surface area contributed by atoms with Gasteiger partial charge in [-0.25, -0.2) is 0 Å². The largest absolute Gasteiger partial charge is 0.497 e. The predicted molar refractivity (Wildman–Crippen MR) is 105 cm³/mol. The van der Waals surface area contributed by atoms with Crippen LogP contribution in [0.25, 0.3) is 0 Å². The highest BCUT2D eigenvalue weighted by atomic mass is 32.2. The average Bonchev–Trinajstić information content (AvgIpc) is 2.63. The Hall–Kier alpha value is -1.72. The van der Waals surface area contributed by atoms with Crippen molar-refractivity contribution in [1.82, 2.24) is 10.6 Å². The number of fused-ring (bicyclic) bond motifs is 1. The second kappa shape index (κ2) is 8.40. The Bertz CT molecular complexity index is 688. The fraction of sp³-hybridized carbons (Fsp3) is 0.316. The molecule has 3 nitrogen and oxygen atoms in total. The van der Waals surface area contributed by atoms with Gasteiger partial charge in [-0.3, -0.25) is 0 Å². The SMILES string of the molecule is COc1ccc(CCNC(=S)NC2CCSc3ccccc32)cc1. The number of nitrogens with one attached hydrogen (secondary N) is 2. The summed E-state index contributed by atoms with van der Waals surface area (Å²) in [5.41, 5.74) is 2.62. The van der Waals surface area contributed by atoms with Gasteiger partial charge in [-0.05, 0) is 54.4 Å². The Balaban J connectivity index is 1.48. The minimum atomic E-state index is 0.309. The number of benzene rings is 2. The third kappa shape index (κ3) is 4.42. The zero-order valence-corrected chi connectivity index (χ0v) is 15.4. The molecular weight excluding hydrogens is 336 g/mol. The fourth-order valence-corrected chi connectivity index (χ4v) is 4.18. The van der Waals surface area contributed by atoms with Gasteiger partial charge in [0.2, 0.25) is 0 Å². The summed E-state index contributed by atoms with van der Waals surface area (Å²) in [7, 11) is 1.68. The number of thioether (sulfide) groups is 1. The van der Waals surface area contributed by atoms with E-state index >= 15 is 0 Å². The van der Waals surface area contributed by atoms with Gasteiger partial charge in [0.15, 0.2) is 5.11 Å². The quantitative estimate of drug-likeness (QED) is 0.791. The molecule has 1 aliphatic rings. The Morgan fingerprint density at radius 2 is 2.00 bits per heavy atom. The van der Waals surface area contributed by atoms with Crippen LogP contribution in [-0.4, -0.2) is 24.5 Å². The van der Waals surface area contributed by atoms with Gasteiger partial charge in [-0.1, -0.05) is 30.3 Å². The highest BCUT2D eigenvalue weighted by Crippen LogP contribution is 2.35. The lowest BCUT2D eigenvalue weighted by Crippen LogP contribution is -2.39. The molecule has 0 saturated heterocycles. The van der Waals surface area contributed by atoms with Crippen molar-refractivity contribution in [3.05, 3.63) is 59.7 Å². The number of rotatable bonds is 5. The van der Waals surface area contributed by atoms with Gasteiger partial charge >= 0.3 is 0 Å². The maximum absolute atomic E-state index is 5.47. The van der Waals surface area contributed by atoms with Crippen LogP contribution in [-0.2, 0) is 6.42 Å². The number of hydrogen-bond acceptors (Lipinski definition) is 3. The van der Waals surface area contributed by atoms with Crippen LogP contribution in [0, 0.1) is 0 Å². The number of ether oxygens (including phenoxy) is 1. The molecule has 0 aromatic heterocycles. The summed E-state index contributed by atoms with van der Waals surface area (Å²) in [6, 6.07) is 17.0. The Morgan fingerprint density at radius 1 is 1.21 bits per heavy atom. The monoisotopic (exact) mass is 358 g/mol. The van der Waals surface area contributed by atoms with Crippen molar-refractivity contribution < 1.29 is 4.74 Å². The molecule has 0 fully saturated rings. The number of thiocarbonyl (C=S) groups is 1. The van der Waals surface area contributed by atoms with E-state index in [0.29, 0.717) is 6.04 Å². The molecule has 1 unspecified atom stereocenters. The number of hydrogen-bond donors (Lipinski definition) is 2. The molecule has 0 saturated carbocycles. The molecule has 2 aromatic rings. The summed E-state index contributed by atoms with van der Waals surface area (Å²) >= 11 is 7.39. The molecule has 0 amide bonds. The van der Waals surface area contributed by atoms with E-state index in [-0.39, 0.29) is 0 Å². The minimum absolute atomic E-state index is 0.309. The van der Waals surface area contributed by atoms with Crippen LogP contribution in [0.5, 0.6) is 5.75 Å². The summed E-state index contributed by atoms with van der Waals surface area (Å²) < 4.78 is 5.18. The maximum atomic E-state index is 5.47. The van der Waals surface area contributed by atoms with Crippen LogP contribution in [0.1, 0.15) is 23.6 Å². The van der Waals surface area contributed by atoms with Crippen LogP contribution >= 0.6 is 24.0 Å². The first kappa shape index (κ1) is 17.1. The van der Waals surface area contributed by atoms with E-state index in [1.807, 2.05) is 23.9 Å². The van der Waals surface area contributed by atoms with Crippen LogP contribution in [0.2, 0.25) is 0 Å². The van der Waals surface area contributed by atoms with E-state index < -0.39 is 0 Å². The van der Waals surface area contributed by atoms with E-state index in [0.717, 1.165) is 36.0 Å². The smallest absolute Gasteiger partial charge is 0.166 e. The molecule has 5 heteroatoms. The fourth-order valence-electron chi connectivity index (χ4n) is 2.81. The van der Waals surface area contributed by atoms with E-state index in [4.69, 9.17) is 17.0 Å². The van der Waals surface area contributed by atoms with Gasteiger partial charge in [0.05, 0.1) is 13.2 Å². The lowest BCUT2D eigenvalue weighted by atomic mass is 10.0. The molecule has 0 spiro atoms. The molecule has 0 radical (unpaired) electrons. The van der Waals surface area contributed by atoms with Crippen molar-refractivity contribution in [2.45, 2.75) is 23.8 Å². The highest BCUT2D eigenvalue weighted by molar-refractivity contribution is 7.99. The molecule has 1 aliphatic heterocycles. The van der Waals surface area contributed by atoms with Crippen molar-refractivity contribution in [1.29, 1.82) is 0 Å². The molecule has 1 atom stereocenters. The van der Waals surface area contributed by atoms with E-state index in [9.17, 15) is 0 Å². The molecule has 3 rings (SSSR count). The van der Waals surface area contributed by atoms with E-state index in [1.54, 1.807) is 7.11 Å². The first-order valence-electron chi connectivity index (χ1n) is 8.15. The van der Waals surface area contributed by atoms with Gasteiger partial charge < -0.3 is 15.4 Å². The molecular formula is C19H22N2OS2. The van der Waals surface area contributed by atoms with Crippen molar-refractivity contribution in [2.24, 2.45) is 0 Å². The topological polar surface area (TPSA) is 33.3 Å². The lowest BCUT2D eigenvalue weighted by molar-refractivity contribution is 0.414. The molecule has 1 heterocycles. The Morgan fingerprint density at radius 3 is 2.79 bits per heavy atom.